The lowest BCUT2D eigenvalue weighted by molar-refractivity contribution is -0.115. The topological polar surface area (TPSA) is 92.2 Å². The summed E-state index contributed by atoms with van der Waals surface area (Å²) in [5, 5.41) is 12.7. The third-order valence-electron chi connectivity index (χ3n) is 3.07. The maximum absolute atomic E-state index is 12.3. The molecule has 0 spiro atoms. The molecule has 1 aromatic carbocycles. The Labute approximate surface area is 159 Å². The number of oxime groups is 1. The van der Waals surface area contributed by atoms with Crippen molar-refractivity contribution in [3.63, 3.8) is 0 Å². The molecule has 26 heavy (non-hydrogen) atoms. The summed E-state index contributed by atoms with van der Waals surface area (Å²) in [6.07, 6.45) is 3.55. The van der Waals surface area contributed by atoms with E-state index in [4.69, 9.17) is 4.84 Å². The summed E-state index contributed by atoms with van der Waals surface area (Å²) in [5.41, 5.74) is 3.87. The van der Waals surface area contributed by atoms with E-state index in [1.807, 2.05) is 30.5 Å². The number of hydrogen-bond acceptors (Lipinski definition) is 7. The van der Waals surface area contributed by atoms with Crippen molar-refractivity contribution in [1.29, 1.82) is 0 Å². The lowest BCUT2D eigenvalue weighted by Crippen LogP contribution is -2.28. The second kappa shape index (κ2) is 9.73. The summed E-state index contributed by atoms with van der Waals surface area (Å²) < 4.78 is 0. The summed E-state index contributed by atoms with van der Waals surface area (Å²) >= 11 is 2.93. The Hall–Kier alpha value is -2.65. The van der Waals surface area contributed by atoms with Gasteiger partial charge in [0, 0.05) is 22.8 Å². The molecule has 0 radical (unpaired) electrons. The smallest absolute Gasteiger partial charge is 0.294 e. The second-order valence-corrected chi connectivity index (χ2v) is 6.77. The average Bonchev–Trinajstić information content (AvgIpc) is 3.07. The van der Waals surface area contributed by atoms with Gasteiger partial charge in [-0.05, 0) is 30.0 Å². The van der Waals surface area contributed by atoms with Gasteiger partial charge in [0.05, 0.1) is 11.2 Å². The quantitative estimate of drug-likeness (QED) is 0.432. The van der Waals surface area contributed by atoms with Gasteiger partial charge in [0.15, 0.2) is 5.71 Å². The van der Waals surface area contributed by atoms with Crippen LogP contribution in [0.25, 0.3) is 0 Å². The van der Waals surface area contributed by atoms with Crippen LogP contribution in [-0.2, 0) is 14.4 Å². The van der Waals surface area contributed by atoms with Crippen molar-refractivity contribution < 1.29 is 14.4 Å². The van der Waals surface area contributed by atoms with E-state index in [-0.39, 0.29) is 11.6 Å². The number of amides is 2. The van der Waals surface area contributed by atoms with Gasteiger partial charge in [-0.15, -0.1) is 23.1 Å². The molecule has 2 aromatic rings. The number of nitrogens with zero attached hydrogens (tertiary/aromatic N) is 2. The van der Waals surface area contributed by atoms with Gasteiger partial charge in [-0.2, -0.15) is 5.10 Å². The van der Waals surface area contributed by atoms with Crippen LogP contribution in [0.4, 0.5) is 5.00 Å². The van der Waals surface area contributed by atoms with E-state index in [0.29, 0.717) is 10.6 Å². The first-order valence-corrected chi connectivity index (χ1v) is 9.59. The number of anilines is 1. The van der Waals surface area contributed by atoms with Crippen molar-refractivity contribution in [1.82, 2.24) is 5.43 Å². The van der Waals surface area contributed by atoms with Crippen LogP contribution in [0.2, 0.25) is 0 Å². The molecule has 0 atom stereocenters. The Bertz CT molecular complexity index is 829. The molecule has 0 unspecified atom stereocenters. The summed E-state index contributed by atoms with van der Waals surface area (Å²) in [7, 11) is 1.35. The number of carbonyl (C=O) groups is 2. The van der Waals surface area contributed by atoms with E-state index in [1.54, 1.807) is 29.4 Å². The first-order valence-electron chi connectivity index (χ1n) is 7.48. The van der Waals surface area contributed by atoms with Crippen molar-refractivity contribution in [2.24, 2.45) is 10.3 Å². The highest BCUT2D eigenvalue weighted by Crippen LogP contribution is 2.21. The lowest BCUT2D eigenvalue weighted by Gasteiger charge is -2.02. The normalized spacial score (nSPS) is 11.4. The predicted octanol–water partition coefficient (Wildman–Crippen LogP) is 2.93. The molecule has 2 amide bonds. The van der Waals surface area contributed by atoms with Crippen LogP contribution >= 0.6 is 23.1 Å². The molecule has 0 saturated carbocycles. The summed E-state index contributed by atoms with van der Waals surface area (Å²) in [6, 6.07) is 9.41. The zero-order valence-electron chi connectivity index (χ0n) is 14.5. The van der Waals surface area contributed by atoms with Gasteiger partial charge in [0.2, 0.25) is 5.91 Å². The molecule has 0 aliphatic heterocycles. The number of benzene rings is 1. The molecule has 2 rings (SSSR count). The monoisotopic (exact) mass is 390 g/mol. The molecule has 9 heteroatoms. The van der Waals surface area contributed by atoms with Crippen LogP contribution < -0.4 is 10.7 Å². The minimum absolute atomic E-state index is 0.0650. The first-order chi connectivity index (χ1) is 12.5. The molecule has 0 fully saturated rings. The van der Waals surface area contributed by atoms with Crippen molar-refractivity contribution in [2.75, 3.05) is 18.7 Å². The molecule has 2 N–H and O–H groups in total. The highest BCUT2D eigenvalue weighted by molar-refractivity contribution is 7.98. The van der Waals surface area contributed by atoms with E-state index in [0.717, 1.165) is 10.5 Å². The number of rotatable bonds is 7. The maximum atomic E-state index is 12.3. The maximum Gasteiger partial charge on any atom is 0.294 e. The molecule has 7 nitrogen and oxygen atoms in total. The molecule has 0 aliphatic rings. The minimum Gasteiger partial charge on any atom is -0.398 e. The fourth-order valence-corrected chi connectivity index (χ4v) is 3.16. The summed E-state index contributed by atoms with van der Waals surface area (Å²) in [6.45, 7) is 1.41. The van der Waals surface area contributed by atoms with Crippen LogP contribution in [0.5, 0.6) is 0 Å². The van der Waals surface area contributed by atoms with Crippen LogP contribution in [-0.4, -0.2) is 37.1 Å². The van der Waals surface area contributed by atoms with E-state index in [9.17, 15) is 9.59 Å². The van der Waals surface area contributed by atoms with Gasteiger partial charge in [-0.3, -0.25) is 9.59 Å². The third-order valence-corrected chi connectivity index (χ3v) is 4.65. The lowest BCUT2D eigenvalue weighted by atomic mass is 10.2. The second-order valence-electron chi connectivity index (χ2n) is 4.98. The SMILES string of the molecule is CO/N=C(\C(=O)N/N=C\c1ccc(SC)cc1)c1csc(NC(C)=O)c1. The van der Waals surface area contributed by atoms with E-state index < -0.39 is 5.91 Å². The number of thiophene rings is 1. The fourth-order valence-electron chi connectivity index (χ4n) is 1.92. The highest BCUT2D eigenvalue weighted by Gasteiger charge is 2.17. The minimum atomic E-state index is -0.518. The Morgan fingerprint density at radius 3 is 2.62 bits per heavy atom. The van der Waals surface area contributed by atoms with Gasteiger partial charge < -0.3 is 10.2 Å². The van der Waals surface area contributed by atoms with Crippen LogP contribution in [0.1, 0.15) is 18.1 Å². The Morgan fingerprint density at radius 2 is 2.00 bits per heavy atom. The standard InChI is InChI=1S/C17H18N4O3S2/c1-11(22)19-15-8-13(10-26-15)16(21-24-2)17(23)20-18-9-12-4-6-14(25-3)7-5-12/h4-10H,1-3H3,(H,19,22)(H,20,23)/b18-9-,21-16-. The number of nitrogens with one attached hydrogen (secondary N) is 2. The first kappa shape index (κ1) is 19.7. The molecule has 0 aliphatic carbocycles. The van der Waals surface area contributed by atoms with Gasteiger partial charge in [-0.25, -0.2) is 5.43 Å². The third kappa shape index (κ3) is 5.71. The largest absolute Gasteiger partial charge is 0.398 e. The molecular weight excluding hydrogens is 372 g/mol. The van der Waals surface area contributed by atoms with Crippen molar-refractivity contribution >= 4 is 51.8 Å². The van der Waals surface area contributed by atoms with E-state index in [1.165, 1.54) is 25.4 Å². The van der Waals surface area contributed by atoms with Gasteiger partial charge in [0.1, 0.15) is 7.11 Å². The molecule has 136 valence electrons. The predicted molar refractivity (Wildman–Crippen MR) is 106 cm³/mol. The van der Waals surface area contributed by atoms with E-state index >= 15 is 0 Å². The number of thioether (sulfide) groups is 1. The van der Waals surface area contributed by atoms with Gasteiger partial charge in [-0.1, -0.05) is 17.3 Å². The molecule has 1 heterocycles. The summed E-state index contributed by atoms with van der Waals surface area (Å²) in [4.78, 5) is 29.3. The molecule has 0 saturated heterocycles. The molecule has 1 aromatic heterocycles. The van der Waals surface area contributed by atoms with Gasteiger partial charge in [0.25, 0.3) is 5.91 Å². The summed E-state index contributed by atoms with van der Waals surface area (Å²) in [5.74, 6) is -0.707. The highest BCUT2D eigenvalue weighted by atomic mass is 32.2. The van der Waals surface area contributed by atoms with Gasteiger partial charge >= 0.3 is 0 Å². The van der Waals surface area contributed by atoms with Crippen LogP contribution in [0, 0.1) is 0 Å². The average molecular weight is 390 g/mol. The van der Waals surface area contributed by atoms with E-state index in [2.05, 4.69) is 21.0 Å². The Morgan fingerprint density at radius 1 is 1.27 bits per heavy atom. The Kier molecular flexibility index (Phi) is 7.37. The zero-order chi connectivity index (χ0) is 18.9. The van der Waals surface area contributed by atoms with Crippen molar-refractivity contribution in [3.05, 3.63) is 46.8 Å². The van der Waals surface area contributed by atoms with Crippen LogP contribution in [0.3, 0.4) is 0 Å². The van der Waals surface area contributed by atoms with Crippen LogP contribution in [0.15, 0.2) is 50.9 Å². The van der Waals surface area contributed by atoms with Crippen molar-refractivity contribution in [2.45, 2.75) is 11.8 Å². The fraction of sp³-hybridized carbons (Fsp3) is 0.176. The van der Waals surface area contributed by atoms with Crippen molar-refractivity contribution in [3.8, 4) is 0 Å². The number of carbonyl (C=O) groups excluding carboxylic acids is 2. The number of hydrogen-bond donors (Lipinski definition) is 2. The Balaban J connectivity index is 2.06. The zero-order valence-corrected chi connectivity index (χ0v) is 16.1. The molecule has 0 bridgehead atoms. The number of hydrazone groups is 1. The molecular formula is C17H18N4O3S2.